The zero-order valence-electron chi connectivity index (χ0n) is 14.1. The SMILES string of the molecule is COc1ccc(C(O)C2CCC3=C(C2)C(C)(C)CCC3)cc1. The van der Waals surface area contributed by atoms with Crippen molar-refractivity contribution in [2.45, 2.75) is 58.5 Å². The summed E-state index contributed by atoms with van der Waals surface area (Å²) in [5.74, 6) is 1.20. The fourth-order valence-corrected chi connectivity index (χ4v) is 4.29. The number of aliphatic hydroxyl groups is 1. The third kappa shape index (κ3) is 2.94. The van der Waals surface area contributed by atoms with Crippen LogP contribution in [0, 0.1) is 11.3 Å². The maximum atomic E-state index is 10.8. The van der Waals surface area contributed by atoms with Crippen molar-refractivity contribution in [1.82, 2.24) is 0 Å². The molecule has 0 fully saturated rings. The molecule has 0 spiro atoms. The molecule has 2 aliphatic rings. The Morgan fingerprint density at radius 3 is 2.59 bits per heavy atom. The van der Waals surface area contributed by atoms with Gasteiger partial charge >= 0.3 is 0 Å². The highest BCUT2D eigenvalue weighted by molar-refractivity contribution is 5.31. The summed E-state index contributed by atoms with van der Waals surface area (Å²) in [4.78, 5) is 0. The van der Waals surface area contributed by atoms with Gasteiger partial charge in [0.15, 0.2) is 0 Å². The smallest absolute Gasteiger partial charge is 0.118 e. The number of methoxy groups -OCH3 is 1. The second-order valence-electron chi connectivity index (χ2n) is 7.54. The molecule has 0 radical (unpaired) electrons. The molecule has 2 unspecified atom stereocenters. The molecule has 0 amide bonds. The topological polar surface area (TPSA) is 29.5 Å². The number of rotatable bonds is 3. The van der Waals surface area contributed by atoms with Gasteiger partial charge in [-0.1, -0.05) is 37.1 Å². The highest BCUT2D eigenvalue weighted by atomic mass is 16.5. The zero-order chi connectivity index (χ0) is 15.7. The normalized spacial score (nSPS) is 25.5. The summed E-state index contributed by atoms with van der Waals surface area (Å²) in [5, 5.41) is 10.8. The van der Waals surface area contributed by atoms with Crippen molar-refractivity contribution < 1.29 is 9.84 Å². The molecule has 120 valence electrons. The molecular formula is C20H28O2. The predicted octanol–water partition coefficient (Wildman–Crippen LogP) is 5.04. The van der Waals surface area contributed by atoms with E-state index in [1.807, 2.05) is 24.3 Å². The van der Waals surface area contributed by atoms with Crippen LogP contribution in [-0.2, 0) is 0 Å². The van der Waals surface area contributed by atoms with Gasteiger partial charge in [0.05, 0.1) is 13.2 Å². The van der Waals surface area contributed by atoms with Crippen molar-refractivity contribution in [3.05, 3.63) is 41.0 Å². The average Bonchev–Trinajstić information content (AvgIpc) is 2.54. The molecular weight excluding hydrogens is 272 g/mol. The van der Waals surface area contributed by atoms with Gasteiger partial charge in [-0.05, 0) is 67.6 Å². The number of hydrogen-bond acceptors (Lipinski definition) is 2. The van der Waals surface area contributed by atoms with Gasteiger partial charge in [0.25, 0.3) is 0 Å². The summed E-state index contributed by atoms with van der Waals surface area (Å²) in [5.41, 5.74) is 4.67. The lowest BCUT2D eigenvalue weighted by Crippen LogP contribution is -2.28. The van der Waals surface area contributed by atoms with Crippen LogP contribution in [0.5, 0.6) is 5.75 Å². The standard InChI is InChI=1S/C20H28O2/c1-20(2)12-4-5-14-6-7-16(13-18(14)20)19(21)15-8-10-17(22-3)11-9-15/h8-11,16,19,21H,4-7,12-13H2,1-3H3. The molecule has 0 saturated heterocycles. The second kappa shape index (κ2) is 6.08. The van der Waals surface area contributed by atoms with Crippen molar-refractivity contribution in [3.63, 3.8) is 0 Å². The third-order valence-electron chi connectivity index (χ3n) is 5.71. The van der Waals surface area contributed by atoms with Crippen LogP contribution < -0.4 is 4.74 Å². The maximum Gasteiger partial charge on any atom is 0.118 e. The minimum atomic E-state index is -0.363. The van der Waals surface area contributed by atoms with Crippen LogP contribution in [-0.4, -0.2) is 12.2 Å². The van der Waals surface area contributed by atoms with Gasteiger partial charge in [-0.2, -0.15) is 0 Å². The van der Waals surface area contributed by atoms with Crippen molar-refractivity contribution >= 4 is 0 Å². The van der Waals surface area contributed by atoms with Gasteiger partial charge in [-0.3, -0.25) is 0 Å². The van der Waals surface area contributed by atoms with Gasteiger partial charge in [0.1, 0.15) is 5.75 Å². The summed E-state index contributed by atoms with van der Waals surface area (Å²) in [6.07, 6.45) is 6.89. The number of hydrogen-bond donors (Lipinski definition) is 1. The van der Waals surface area contributed by atoms with E-state index >= 15 is 0 Å². The minimum absolute atomic E-state index is 0.325. The molecule has 3 rings (SSSR count). The first-order valence-electron chi connectivity index (χ1n) is 8.54. The Hall–Kier alpha value is -1.28. The number of aliphatic hydroxyl groups excluding tert-OH is 1. The summed E-state index contributed by atoms with van der Waals surface area (Å²) in [7, 11) is 1.67. The summed E-state index contributed by atoms with van der Waals surface area (Å²) in [6.45, 7) is 4.76. The van der Waals surface area contributed by atoms with Crippen LogP contribution >= 0.6 is 0 Å². The van der Waals surface area contributed by atoms with E-state index in [0.717, 1.165) is 24.2 Å². The van der Waals surface area contributed by atoms with E-state index in [-0.39, 0.29) is 6.10 Å². The second-order valence-corrected chi connectivity index (χ2v) is 7.54. The lowest BCUT2D eigenvalue weighted by molar-refractivity contribution is 0.0928. The summed E-state index contributed by atoms with van der Waals surface area (Å²) in [6, 6.07) is 7.88. The van der Waals surface area contributed by atoms with Crippen LogP contribution in [0.15, 0.2) is 35.4 Å². The van der Waals surface area contributed by atoms with E-state index in [4.69, 9.17) is 4.74 Å². The van der Waals surface area contributed by atoms with E-state index in [1.54, 1.807) is 18.3 Å². The van der Waals surface area contributed by atoms with Crippen LogP contribution in [0.1, 0.15) is 64.0 Å². The van der Waals surface area contributed by atoms with Gasteiger partial charge < -0.3 is 9.84 Å². The largest absolute Gasteiger partial charge is 0.497 e. The molecule has 0 bridgehead atoms. The Morgan fingerprint density at radius 1 is 1.18 bits per heavy atom. The highest BCUT2D eigenvalue weighted by Crippen LogP contribution is 2.49. The molecule has 2 atom stereocenters. The summed E-state index contributed by atoms with van der Waals surface area (Å²) >= 11 is 0. The predicted molar refractivity (Wildman–Crippen MR) is 90.0 cm³/mol. The molecule has 1 N–H and O–H groups in total. The monoisotopic (exact) mass is 300 g/mol. The van der Waals surface area contributed by atoms with Crippen molar-refractivity contribution in [1.29, 1.82) is 0 Å². The van der Waals surface area contributed by atoms with Crippen molar-refractivity contribution in [3.8, 4) is 5.75 Å². The van der Waals surface area contributed by atoms with Crippen LogP contribution in [0.4, 0.5) is 0 Å². The van der Waals surface area contributed by atoms with Crippen molar-refractivity contribution in [2.24, 2.45) is 11.3 Å². The molecule has 2 nitrogen and oxygen atoms in total. The Balaban J connectivity index is 1.77. The van der Waals surface area contributed by atoms with E-state index < -0.39 is 0 Å². The number of allylic oxidation sites excluding steroid dienone is 2. The number of ether oxygens (including phenoxy) is 1. The summed E-state index contributed by atoms with van der Waals surface area (Å²) < 4.78 is 5.20. The minimum Gasteiger partial charge on any atom is -0.497 e. The third-order valence-corrected chi connectivity index (χ3v) is 5.71. The van der Waals surface area contributed by atoms with Crippen LogP contribution in [0.25, 0.3) is 0 Å². The Bertz CT molecular complexity index is 554. The van der Waals surface area contributed by atoms with Crippen LogP contribution in [0.3, 0.4) is 0 Å². The van der Waals surface area contributed by atoms with E-state index in [0.29, 0.717) is 11.3 Å². The molecule has 0 aliphatic heterocycles. The maximum absolute atomic E-state index is 10.8. The van der Waals surface area contributed by atoms with Gasteiger partial charge in [-0.25, -0.2) is 0 Å². The fourth-order valence-electron chi connectivity index (χ4n) is 4.29. The molecule has 1 aromatic carbocycles. The molecule has 0 aromatic heterocycles. The molecule has 1 aromatic rings. The molecule has 22 heavy (non-hydrogen) atoms. The van der Waals surface area contributed by atoms with Gasteiger partial charge in [0.2, 0.25) is 0 Å². The average molecular weight is 300 g/mol. The first-order valence-corrected chi connectivity index (χ1v) is 8.54. The first kappa shape index (κ1) is 15.6. The van der Waals surface area contributed by atoms with E-state index in [9.17, 15) is 5.11 Å². The fraction of sp³-hybridized carbons (Fsp3) is 0.600. The number of benzene rings is 1. The first-order chi connectivity index (χ1) is 10.5. The Labute approximate surface area is 134 Å². The Morgan fingerprint density at radius 2 is 1.91 bits per heavy atom. The quantitative estimate of drug-likeness (QED) is 0.793. The molecule has 0 saturated carbocycles. The lowest BCUT2D eigenvalue weighted by Gasteiger charge is -2.41. The molecule has 0 heterocycles. The van der Waals surface area contributed by atoms with E-state index in [1.165, 1.54) is 25.7 Å². The van der Waals surface area contributed by atoms with Crippen molar-refractivity contribution in [2.75, 3.05) is 7.11 Å². The molecule has 2 heteroatoms. The zero-order valence-corrected chi connectivity index (χ0v) is 14.1. The highest BCUT2D eigenvalue weighted by Gasteiger charge is 2.36. The van der Waals surface area contributed by atoms with E-state index in [2.05, 4.69) is 13.8 Å². The van der Waals surface area contributed by atoms with Gasteiger partial charge in [0, 0.05) is 0 Å². The molecule has 2 aliphatic carbocycles. The van der Waals surface area contributed by atoms with Gasteiger partial charge in [-0.15, -0.1) is 0 Å². The lowest BCUT2D eigenvalue weighted by atomic mass is 9.64. The van der Waals surface area contributed by atoms with Crippen LogP contribution in [0.2, 0.25) is 0 Å². The Kier molecular flexibility index (Phi) is 4.31.